The highest BCUT2D eigenvalue weighted by molar-refractivity contribution is 6.11. The number of phenolic OH excluding ortho intramolecular Hbond substituents is 1. The van der Waals surface area contributed by atoms with E-state index in [9.17, 15) is 14.7 Å². The zero-order valence-electron chi connectivity index (χ0n) is 23.0. The van der Waals surface area contributed by atoms with Crippen molar-refractivity contribution in [2.75, 3.05) is 43.2 Å². The molecule has 1 aliphatic heterocycles. The van der Waals surface area contributed by atoms with Gasteiger partial charge in [0, 0.05) is 28.9 Å². The number of rotatable bonds is 9. The number of amides is 2. The molecule has 3 aromatic carbocycles. The van der Waals surface area contributed by atoms with E-state index in [0.717, 1.165) is 21.9 Å². The number of fused-ring (bicyclic) bond motifs is 4. The number of anilines is 2. The summed E-state index contributed by atoms with van der Waals surface area (Å²) in [5.41, 5.74) is 4.60. The second-order valence-electron chi connectivity index (χ2n) is 10.1. The molecule has 3 heterocycles. The molecule has 0 bridgehead atoms. The molecule has 0 unspecified atom stereocenters. The third-order valence-electron chi connectivity index (χ3n) is 7.34. The molecular formula is C32H30N4O6. The number of hydrogen-bond donors (Lipinski definition) is 4. The fraction of sp³-hybridized carbons (Fsp3) is 0.219. The van der Waals surface area contributed by atoms with Crippen LogP contribution in [0.2, 0.25) is 0 Å². The summed E-state index contributed by atoms with van der Waals surface area (Å²) < 4.78 is 10.8. The lowest BCUT2D eigenvalue weighted by atomic mass is 9.97. The van der Waals surface area contributed by atoms with Crippen LogP contribution in [0.25, 0.3) is 21.8 Å². The summed E-state index contributed by atoms with van der Waals surface area (Å²) >= 11 is 0. The maximum absolute atomic E-state index is 13.6. The fourth-order valence-electron chi connectivity index (χ4n) is 5.41. The number of H-pyrrole nitrogens is 1. The van der Waals surface area contributed by atoms with E-state index in [1.165, 1.54) is 6.20 Å². The summed E-state index contributed by atoms with van der Waals surface area (Å²) in [5.74, 6) is 0.122. The lowest BCUT2D eigenvalue weighted by Gasteiger charge is -2.18. The standard InChI is InChI=1S/C32H30N4O6/c1-19-4-2-7-25-28(38)17-27-24(29(19)25)8-9-36(27)32(40)26-16-21-14-22(18-33-30(21)35-26)34-31(39)20-5-3-6-23(15-20)42-13-12-41-11-10-37/h2-7,14-18,37-38H,8-13H2,1H3,(H,33,35)(H,34,39). The number of nitrogens with zero attached hydrogens (tertiary/aromatic N) is 2. The molecular weight excluding hydrogens is 536 g/mol. The first kappa shape index (κ1) is 27.3. The average molecular weight is 567 g/mol. The van der Waals surface area contributed by atoms with Gasteiger partial charge in [-0.25, -0.2) is 4.98 Å². The molecule has 4 N–H and O–H groups in total. The minimum Gasteiger partial charge on any atom is -0.507 e. The molecule has 0 aliphatic carbocycles. The number of aryl methyl sites for hydroxylation is 1. The van der Waals surface area contributed by atoms with Crippen LogP contribution < -0.4 is 15.0 Å². The van der Waals surface area contributed by atoms with Crippen LogP contribution in [0.5, 0.6) is 11.5 Å². The smallest absolute Gasteiger partial charge is 0.274 e. The second kappa shape index (κ2) is 11.5. The maximum Gasteiger partial charge on any atom is 0.274 e. The zero-order chi connectivity index (χ0) is 29.2. The third kappa shape index (κ3) is 5.25. The van der Waals surface area contributed by atoms with Gasteiger partial charge in [0.15, 0.2) is 0 Å². The van der Waals surface area contributed by atoms with Gasteiger partial charge in [-0.15, -0.1) is 0 Å². The van der Waals surface area contributed by atoms with Crippen molar-refractivity contribution in [2.24, 2.45) is 0 Å². The minimum absolute atomic E-state index is 0.0492. The Morgan fingerprint density at radius 2 is 1.93 bits per heavy atom. The molecule has 10 heteroatoms. The Morgan fingerprint density at radius 1 is 1.07 bits per heavy atom. The number of phenols is 1. The van der Waals surface area contributed by atoms with Gasteiger partial charge in [0.25, 0.3) is 11.8 Å². The first-order chi connectivity index (χ1) is 20.4. The van der Waals surface area contributed by atoms with E-state index in [1.807, 2.05) is 25.1 Å². The van der Waals surface area contributed by atoms with Crippen LogP contribution in [0.3, 0.4) is 0 Å². The first-order valence-corrected chi connectivity index (χ1v) is 13.7. The van der Waals surface area contributed by atoms with Crippen molar-refractivity contribution in [1.29, 1.82) is 0 Å². The quantitative estimate of drug-likeness (QED) is 0.192. The van der Waals surface area contributed by atoms with Crippen LogP contribution in [0.15, 0.2) is 66.9 Å². The van der Waals surface area contributed by atoms with Crippen molar-refractivity contribution in [1.82, 2.24) is 9.97 Å². The topological polar surface area (TPSA) is 137 Å². The van der Waals surface area contributed by atoms with Gasteiger partial charge in [0.05, 0.1) is 37.4 Å². The molecule has 42 heavy (non-hydrogen) atoms. The van der Waals surface area contributed by atoms with Gasteiger partial charge < -0.3 is 34.9 Å². The van der Waals surface area contributed by atoms with E-state index in [2.05, 4.69) is 15.3 Å². The molecule has 2 aromatic heterocycles. The molecule has 10 nitrogen and oxygen atoms in total. The molecule has 0 fully saturated rings. The van der Waals surface area contributed by atoms with Crippen LogP contribution in [0, 0.1) is 6.92 Å². The molecule has 0 radical (unpaired) electrons. The van der Waals surface area contributed by atoms with E-state index >= 15 is 0 Å². The number of ether oxygens (including phenoxy) is 2. The lowest BCUT2D eigenvalue weighted by Crippen LogP contribution is -2.29. The number of nitrogens with one attached hydrogen (secondary N) is 2. The monoisotopic (exact) mass is 566 g/mol. The van der Waals surface area contributed by atoms with Crippen molar-refractivity contribution in [2.45, 2.75) is 13.3 Å². The van der Waals surface area contributed by atoms with Crippen LogP contribution >= 0.6 is 0 Å². The Bertz CT molecular complexity index is 1810. The Kier molecular flexibility index (Phi) is 7.47. The number of benzene rings is 3. The molecule has 0 saturated carbocycles. The van der Waals surface area contributed by atoms with Crippen molar-refractivity contribution in [3.8, 4) is 11.5 Å². The average Bonchev–Trinajstić information content (AvgIpc) is 3.61. The van der Waals surface area contributed by atoms with Crippen molar-refractivity contribution in [3.63, 3.8) is 0 Å². The van der Waals surface area contributed by atoms with Crippen LogP contribution in [-0.2, 0) is 11.2 Å². The predicted molar refractivity (Wildman–Crippen MR) is 160 cm³/mol. The van der Waals surface area contributed by atoms with Crippen molar-refractivity contribution < 1.29 is 29.3 Å². The van der Waals surface area contributed by atoms with Crippen LogP contribution in [0.4, 0.5) is 11.4 Å². The number of aromatic hydroxyl groups is 1. The zero-order valence-corrected chi connectivity index (χ0v) is 23.0. The van der Waals surface area contributed by atoms with Crippen LogP contribution in [0.1, 0.15) is 32.0 Å². The van der Waals surface area contributed by atoms with Crippen molar-refractivity contribution in [3.05, 3.63) is 89.2 Å². The SMILES string of the molecule is Cc1cccc2c(O)cc3c(c12)CCN3C(=O)c1cc2cc(NC(=O)c3cccc(OCCOCCO)c3)cnc2[nH]1. The van der Waals surface area contributed by atoms with E-state index < -0.39 is 0 Å². The van der Waals surface area contributed by atoms with Gasteiger partial charge in [-0.05, 0) is 60.2 Å². The molecule has 214 valence electrons. The Labute approximate surface area is 241 Å². The second-order valence-corrected chi connectivity index (χ2v) is 10.1. The summed E-state index contributed by atoms with van der Waals surface area (Å²) in [7, 11) is 0. The number of aliphatic hydroxyl groups excluding tert-OH is 1. The highest BCUT2D eigenvalue weighted by Crippen LogP contribution is 2.41. The fourth-order valence-corrected chi connectivity index (χ4v) is 5.41. The highest BCUT2D eigenvalue weighted by Gasteiger charge is 2.29. The number of carbonyl (C=O) groups excluding carboxylic acids is 2. The van der Waals surface area contributed by atoms with Gasteiger partial charge in [-0.1, -0.05) is 24.3 Å². The third-order valence-corrected chi connectivity index (χ3v) is 7.34. The summed E-state index contributed by atoms with van der Waals surface area (Å²) in [4.78, 5) is 35.7. The summed E-state index contributed by atoms with van der Waals surface area (Å²) in [5, 5.41) is 24.8. The van der Waals surface area contributed by atoms with Gasteiger partial charge >= 0.3 is 0 Å². The highest BCUT2D eigenvalue weighted by atomic mass is 16.5. The Balaban J connectivity index is 1.18. The largest absolute Gasteiger partial charge is 0.507 e. The Hall–Kier alpha value is -4.93. The number of carbonyl (C=O) groups is 2. The van der Waals surface area contributed by atoms with E-state index in [4.69, 9.17) is 14.6 Å². The molecule has 0 spiro atoms. The molecule has 6 rings (SSSR count). The number of aromatic nitrogens is 2. The van der Waals surface area contributed by atoms with E-state index in [-0.39, 0.29) is 30.8 Å². The van der Waals surface area contributed by atoms with Gasteiger partial charge in [-0.3, -0.25) is 9.59 Å². The molecule has 5 aromatic rings. The van der Waals surface area contributed by atoms with E-state index in [1.54, 1.807) is 47.4 Å². The summed E-state index contributed by atoms with van der Waals surface area (Å²) in [6.07, 6.45) is 2.23. The van der Waals surface area contributed by atoms with E-state index in [0.29, 0.717) is 65.6 Å². The predicted octanol–water partition coefficient (Wildman–Crippen LogP) is 4.57. The lowest BCUT2D eigenvalue weighted by molar-refractivity contribution is 0.0705. The van der Waals surface area contributed by atoms with Crippen molar-refractivity contribution >= 4 is 45.0 Å². The molecule has 0 saturated heterocycles. The summed E-state index contributed by atoms with van der Waals surface area (Å²) in [6, 6.07) is 17.8. The number of aromatic amines is 1. The number of aliphatic hydroxyl groups is 1. The summed E-state index contributed by atoms with van der Waals surface area (Å²) in [6.45, 7) is 3.33. The normalized spacial score (nSPS) is 12.6. The first-order valence-electron chi connectivity index (χ1n) is 13.7. The number of hydrogen-bond acceptors (Lipinski definition) is 7. The molecule has 0 atom stereocenters. The maximum atomic E-state index is 13.6. The van der Waals surface area contributed by atoms with Gasteiger partial charge in [0.2, 0.25) is 0 Å². The number of pyridine rings is 1. The minimum atomic E-state index is -0.332. The van der Waals surface area contributed by atoms with Gasteiger partial charge in [0.1, 0.15) is 29.4 Å². The van der Waals surface area contributed by atoms with Crippen LogP contribution in [-0.4, -0.2) is 65.0 Å². The molecule has 1 aliphatic rings. The van der Waals surface area contributed by atoms with Gasteiger partial charge in [-0.2, -0.15) is 0 Å². The molecule has 2 amide bonds. The Morgan fingerprint density at radius 3 is 2.79 bits per heavy atom.